The molecule has 28 heavy (non-hydrogen) atoms. The van der Waals surface area contributed by atoms with Crippen LogP contribution in [0.25, 0.3) is 5.65 Å². The van der Waals surface area contributed by atoms with E-state index in [0.717, 1.165) is 61.1 Å². The molecule has 0 amide bonds. The summed E-state index contributed by atoms with van der Waals surface area (Å²) in [5, 5.41) is 9.15. The van der Waals surface area contributed by atoms with Gasteiger partial charge in [0.25, 0.3) is 0 Å². The molecule has 0 radical (unpaired) electrons. The van der Waals surface area contributed by atoms with Crippen LogP contribution in [0.1, 0.15) is 40.9 Å². The number of fused-ring (bicyclic) bond motifs is 2. The second-order valence-corrected chi connectivity index (χ2v) is 7.77. The third-order valence-electron chi connectivity index (χ3n) is 5.86. The van der Waals surface area contributed by atoms with E-state index in [1.165, 1.54) is 16.7 Å². The SMILES string of the molecule is Cc1nc2c(C)c(C)c(N3CCC(Oc4ccc5c(c4)COC5)CC3)nn2n1. The van der Waals surface area contributed by atoms with Crippen molar-refractivity contribution in [3.05, 3.63) is 46.3 Å². The zero-order valence-electron chi connectivity index (χ0n) is 16.6. The Morgan fingerprint density at radius 3 is 2.61 bits per heavy atom. The minimum atomic E-state index is 0.232. The third kappa shape index (κ3) is 2.99. The minimum Gasteiger partial charge on any atom is -0.490 e. The molecule has 2 aromatic heterocycles. The predicted molar refractivity (Wildman–Crippen MR) is 106 cm³/mol. The standard InChI is InChI=1S/C21H25N5O2/c1-13-14(2)21(24-26-20(13)22-15(3)23-26)25-8-6-18(7-9-25)28-19-5-4-16-11-27-12-17(16)10-19/h4-5,10,18H,6-9,11-12H2,1-3H3. The first-order chi connectivity index (χ1) is 13.6. The van der Waals surface area contributed by atoms with Crippen LogP contribution in [0.5, 0.6) is 5.75 Å². The average Bonchev–Trinajstić information content (AvgIpc) is 3.31. The molecule has 4 heterocycles. The molecule has 2 aliphatic heterocycles. The van der Waals surface area contributed by atoms with Crippen LogP contribution in [0.3, 0.4) is 0 Å². The van der Waals surface area contributed by atoms with Gasteiger partial charge >= 0.3 is 0 Å². The quantitative estimate of drug-likeness (QED) is 0.697. The molecule has 7 nitrogen and oxygen atoms in total. The smallest absolute Gasteiger partial charge is 0.179 e. The number of hydrogen-bond donors (Lipinski definition) is 0. The maximum atomic E-state index is 6.26. The monoisotopic (exact) mass is 379 g/mol. The fourth-order valence-electron chi connectivity index (χ4n) is 4.11. The summed E-state index contributed by atoms with van der Waals surface area (Å²) >= 11 is 0. The first-order valence-electron chi connectivity index (χ1n) is 9.90. The van der Waals surface area contributed by atoms with E-state index in [1.54, 1.807) is 4.63 Å². The summed E-state index contributed by atoms with van der Waals surface area (Å²) in [5.41, 5.74) is 5.69. The lowest BCUT2D eigenvalue weighted by atomic mass is 10.1. The molecule has 0 aliphatic carbocycles. The summed E-state index contributed by atoms with van der Waals surface area (Å²) in [5.74, 6) is 2.70. The maximum Gasteiger partial charge on any atom is 0.179 e. The van der Waals surface area contributed by atoms with E-state index in [-0.39, 0.29) is 6.10 Å². The lowest BCUT2D eigenvalue weighted by Crippen LogP contribution is -2.39. The van der Waals surface area contributed by atoms with Gasteiger partial charge in [-0.25, -0.2) is 4.98 Å². The largest absolute Gasteiger partial charge is 0.490 e. The lowest BCUT2D eigenvalue weighted by molar-refractivity contribution is 0.134. The number of aryl methyl sites for hydroxylation is 2. The Kier molecular flexibility index (Phi) is 4.19. The van der Waals surface area contributed by atoms with E-state index in [2.05, 4.69) is 47.0 Å². The number of piperidine rings is 1. The summed E-state index contributed by atoms with van der Waals surface area (Å²) < 4.78 is 13.4. The van der Waals surface area contributed by atoms with Crippen LogP contribution in [-0.2, 0) is 18.0 Å². The van der Waals surface area contributed by atoms with Gasteiger partial charge in [0.1, 0.15) is 17.7 Å². The van der Waals surface area contributed by atoms with Crippen LogP contribution in [0.2, 0.25) is 0 Å². The van der Waals surface area contributed by atoms with Gasteiger partial charge in [-0.3, -0.25) is 0 Å². The number of hydrogen-bond acceptors (Lipinski definition) is 6. The third-order valence-corrected chi connectivity index (χ3v) is 5.86. The van der Waals surface area contributed by atoms with Crippen molar-refractivity contribution in [3.8, 4) is 5.75 Å². The van der Waals surface area contributed by atoms with Gasteiger partial charge in [-0.1, -0.05) is 6.07 Å². The number of aromatic nitrogens is 4. The Bertz CT molecular complexity index is 1040. The van der Waals surface area contributed by atoms with Crippen molar-refractivity contribution in [2.24, 2.45) is 0 Å². The van der Waals surface area contributed by atoms with Crippen LogP contribution < -0.4 is 9.64 Å². The van der Waals surface area contributed by atoms with E-state index in [4.69, 9.17) is 14.6 Å². The van der Waals surface area contributed by atoms with Crippen molar-refractivity contribution >= 4 is 11.5 Å². The van der Waals surface area contributed by atoms with Crippen molar-refractivity contribution in [2.45, 2.75) is 52.9 Å². The zero-order valence-corrected chi connectivity index (χ0v) is 16.6. The predicted octanol–water partition coefficient (Wildman–Crippen LogP) is 3.13. The minimum absolute atomic E-state index is 0.232. The Balaban J connectivity index is 1.29. The molecular formula is C21H25N5O2. The molecular weight excluding hydrogens is 354 g/mol. The first-order valence-corrected chi connectivity index (χ1v) is 9.90. The normalized spacial score (nSPS) is 17.3. The molecule has 1 saturated heterocycles. The molecule has 0 bridgehead atoms. The van der Waals surface area contributed by atoms with Crippen LogP contribution in [0.4, 0.5) is 5.82 Å². The van der Waals surface area contributed by atoms with E-state index < -0.39 is 0 Å². The molecule has 5 rings (SSSR count). The molecule has 0 N–H and O–H groups in total. The molecule has 0 unspecified atom stereocenters. The molecule has 1 fully saturated rings. The number of ether oxygens (including phenoxy) is 2. The van der Waals surface area contributed by atoms with Gasteiger partial charge < -0.3 is 14.4 Å². The summed E-state index contributed by atoms with van der Waals surface area (Å²) in [6.07, 6.45) is 2.18. The second kappa shape index (κ2) is 6.74. The van der Waals surface area contributed by atoms with E-state index in [1.807, 2.05) is 6.92 Å². The second-order valence-electron chi connectivity index (χ2n) is 7.77. The first kappa shape index (κ1) is 17.4. The van der Waals surface area contributed by atoms with Crippen molar-refractivity contribution in [1.82, 2.24) is 19.8 Å². The molecule has 0 spiro atoms. The van der Waals surface area contributed by atoms with Gasteiger partial charge in [-0.15, -0.1) is 14.8 Å². The molecule has 0 saturated carbocycles. The molecule has 7 heteroatoms. The van der Waals surface area contributed by atoms with E-state index >= 15 is 0 Å². The molecule has 146 valence electrons. The van der Waals surface area contributed by atoms with Crippen molar-refractivity contribution < 1.29 is 9.47 Å². The van der Waals surface area contributed by atoms with E-state index in [0.29, 0.717) is 6.61 Å². The fraction of sp³-hybridized carbons (Fsp3) is 0.476. The summed E-state index contributed by atoms with van der Waals surface area (Å²) in [7, 11) is 0. The van der Waals surface area contributed by atoms with Gasteiger partial charge in [-0.2, -0.15) is 0 Å². The molecule has 1 aromatic carbocycles. The van der Waals surface area contributed by atoms with Crippen molar-refractivity contribution in [3.63, 3.8) is 0 Å². The Labute approximate surface area is 164 Å². The fourth-order valence-corrected chi connectivity index (χ4v) is 4.11. The Hall–Kier alpha value is -2.67. The summed E-state index contributed by atoms with van der Waals surface area (Å²) in [6.45, 7) is 9.37. The highest BCUT2D eigenvalue weighted by molar-refractivity contribution is 5.59. The van der Waals surface area contributed by atoms with Crippen LogP contribution in [0, 0.1) is 20.8 Å². The maximum absolute atomic E-state index is 6.26. The van der Waals surface area contributed by atoms with Crippen LogP contribution >= 0.6 is 0 Å². The number of rotatable bonds is 3. The highest BCUT2D eigenvalue weighted by atomic mass is 16.5. The van der Waals surface area contributed by atoms with Crippen LogP contribution in [-0.4, -0.2) is 39.0 Å². The van der Waals surface area contributed by atoms with Crippen molar-refractivity contribution in [2.75, 3.05) is 18.0 Å². The number of benzene rings is 1. The van der Waals surface area contributed by atoms with Gasteiger partial charge in [0, 0.05) is 37.1 Å². The number of nitrogens with zero attached hydrogens (tertiary/aromatic N) is 5. The summed E-state index contributed by atoms with van der Waals surface area (Å²) in [6, 6.07) is 6.32. The topological polar surface area (TPSA) is 64.8 Å². The number of anilines is 1. The Morgan fingerprint density at radius 1 is 1.00 bits per heavy atom. The van der Waals surface area contributed by atoms with Gasteiger partial charge in [0.15, 0.2) is 11.5 Å². The van der Waals surface area contributed by atoms with Gasteiger partial charge in [-0.05, 0) is 44.0 Å². The van der Waals surface area contributed by atoms with Gasteiger partial charge in [0.05, 0.1) is 13.2 Å². The highest BCUT2D eigenvalue weighted by Gasteiger charge is 2.25. The lowest BCUT2D eigenvalue weighted by Gasteiger charge is -2.33. The zero-order chi connectivity index (χ0) is 19.3. The molecule has 0 atom stereocenters. The summed E-state index contributed by atoms with van der Waals surface area (Å²) in [4.78, 5) is 6.83. The van der Waals surface area contributed by atoms with E-state index in [9.17, 15) is 0 Å². The van der Waals surface area contributed by atoms with Crippen molar-refractivity contribution in [1.29, 1.82) is 0 Å². The van der Waals surface area contributed by atoms with Crippen LogP contribution in [0.15, 0.2) is 18.2 Å². The highest BCUT2D eigenvalue weighted by Crippen LogP contribution is 2.29. The molecule has 2 aliphatic rings. The molecule has 3 aromatic rings. The average molecular weight is 379 g/mol. The van der Waals surface area contributed by atoms with Gasteiger partial charge in [0.2, 0.25) is 0 Å². The Morgan fingerprint density at radius 2 is 1.79 bits per heavy atom.